The van der Waals surface area contributed by atoms with E-state index >= 15 is 0 Å². The number of sulfonamides is 1. The number of hydrogen-bond donors (Lipinski definition) is 2. The highest BCUT2D eigenvalue weighted by atomic mass is 32.2. The molecule has 7 heteroatoms. The number of benzene rings is 1. The fourth-order valence-corrected chi connectivity index (χ4v) is 3.30. The van der Waals surface area contributed by atoms with Crippen molar-refractivity contribution in [2.45, 2.75) is 30.3 Å². The molecule has 112 valence electrons. The Balaban J connectivity index is 2.03. The van der Waals surface area contributed by atoms with Crippen LogP contribution < -0.4 is 10.0 Å². The van der Waals surface area contributed by atoms with Crippen LogP contribution in [0.1, 0.15) is 18.4 Å². The monoisotopic (exact) mass is 318 g/mol. The van der Waals surface area contributed by atoms with Crippen molar-refractivity contribution in [2.75, 3.05) is 18.6 Å². The molecule has 4 nitrogen and oxygen atoms in total. The molecule has 0 aliphatic heterocycles. The lowest BCUT2D eigenvalue weighted by Gasteiger charge is -2.09. The fraction of sp³-hybridized carbons (Fsp3) is 0.538. The second-order valence-electron chi connectivity index (χ2n) is 4.81. The van der Waals surface area contributed by atoms with Crippen LogP contribution in [-0.4, -0.2) is 33.0 Å². The van der Waals surface area contributed by atoms with Crippen LogP contribution >= 0.6 is 11.8 Å². The Bertz CT molecular complexity index is 559. The van der Waals surface area contributed by atoms with E-state index in [4.69, 9.17) is 0 Å². The third-order valence-corrected chi connectivity index (χ3v) is 5.16. The molecular formula is C13H19FN2O2S2. The summed E-state index contributed by atoms with van der Waals surface area (Å²) in [5, 5.41) is 3.27. The van der Waals surface area contributed by atoms with E-state index in [2.05, 4.69) is 10.0 Å². The van der Waals surface area contributed by atoms with Crippen LogP contribution in [0, 0.1) is 5.82 Å². The summed E-state index contributed by atoms with van der Waals surface area (Å²) in [5.74, 6) is -0.0405. The van der Waals surface area contributed by atoms with E-state index < -0.39 is 15.8 Å². The first kappa shape index (κ1) is 15.8. The molecule has 0 bridgehead atoms. The summed E-state index contributed by atoms with van der Waals surface area (Å²) in [4.78, 5) is -0.284. The maximum Gasteiger partial charge on any atom is 0.243 e. The highest BCUT2D eigenvalue weighted by molar-refractivity contribution is 7.98. The van der Waals surface area contributed by atoms with Crippen molar-refractivity contribution in [1.82, 2.24) is 10.0 Å². The van der Waals surface area contributed by atoms with Gasteiger partial charge in [-0.2, -0.15) is 11.8 Å². The maximum absolute atomic E-state index is 13.9. The van der Waals surface area contributed by atoms with Gasteiger partial charge in [0.15, 0.2) is 0 Å². The summed E-state index contributed by atoms with van der Waals surface area (Å²) in [5.41, 5.74) is 0.762. The van der Waals surface area contributed by atoms with Gasteiger partial charge in [-0.15, -0.1) is 0 Å². The average Bonchev–Trinajstić information content (AvgIpc) is 3.20. The van der Waals surface area contributed by atoms with Gasteiger partial charge in [-0.05, 0) is 36.8 Å². The minimum Gasteiger partial charge on any atom is -0.310 e. The largest absolute Gasteiger partial charge is 0.310 e. The van der Waals surface area contributed by atoms with Gasteiger partial charge in [0.05, 0.1) is 0 Å². The molecule has 0 unspecified atom stereocenters. The predicted molar refractivity (Wildman–Crippen MR) is 79.8 cm³/mol. The quantitative estimate of drug-likeness (QED) is 0.717. The van der Waals surface area contributed by atoms with Crippen molar-refractivity contribution in [3.8, 4) is 0 Å². The summed E-state index contributed by atoms with van der Waals surface area (Å²) in [6, 6.07) is 4.82. The third kappa shape index (κ3) is 4.44. The molecule has 0 heterocycles. The van der Waals surface area contributed by atoms with Gasteiger partial charge in [-0.1, -0.05) is 6.07 Å². The lowest BCUT2D eigenvalue weighted by Crippen LogP contribution is -2.27. The highest BCUT2D eigenvalue weighted by Crippen LogP contribution is 2.20. The first-order valence-corrected chi connectivity index (χ1v) is 9.41. The van der Waals surface area contributed by atoms with Crippen LogP contribution in [0.15, 0.2) is 23.1 Å². The Morgan fingerprint density at radius 1 is 1.40 bits per heavy atom. The van der Waals surface area contributed by atoms with Crippen molar-refractivity contribution in [3.63, 3.8) is 0 Å². The van der Waals surface area contributed by atoms with Crippen molar-refractivity contribution < 1.29 is 12.8 Å². The smallest absolute Gasteiger partial charge is 0.243 e. The Labute approximate surface area is 123 Å². The molecule has 0 saturated heterocycles. The van der Waals surface area contributed by atoms with Gasteiger partial charge in [-0.3, -0.25) is 0 Å². The number of nitrogens with one attached hydrogen (secondary N) is 2. The molecule has 1 saturated carbocycles. The summed E-state index contributed by atoms with van der Waals surface area (Å²) in [7, 11) is -3.76. The molecule has 20 heavy (non-hydrogen) atoms. The lowest BCUT2D eigenvalue weighted by molar-refractivity contribution is 0.556. The van der Waals surface area contributed by atoms with E-state index in [0.29, 0.717) is 24.9 Å². The Morgan fingerprint density at radius 2 is 2.15 bits per heavy atom. The summed E-state index contributed by atoms with van der Waals surface area (Å²) in [6.45, 7) is 0.871. The lowest BCUT2D eigenvalue weighted by atomic mass is 10.2. The summed E-state index contributed by atoms with van der Waals surface area (Å²) in [6.07, 6.45) is 4.21. The van der Waals surface area contributed by atoms with Crippen molar-refractivity contribution in [1.29, 1.82) is 0 Å². The molecule has 0 amide bonds. The zero-order valence-electron chi connectivity index (χ0n) is 11.4. The predicted octanol–water partition coefficient (Wildman–Crippen LogP) is 1.72. The van der Waals surface area contributed by atoms with E-state index in [-0.39, 0.29) is 4.90 Å². The van der Waals surface area contributed by atoms with Gasteiger partial charge in [0.1, 0.15) is 10.7 Å². The Kier molecular flexibility index (Phi) is 5.42. The highest BCUT2D eigenvalue weighted by Gasteiger charge is 2.21. The molecule has 0 aromatic heterocycles. The van der Waals surface area contributed by atoms with E-state index in [1.807, 2.05) is 6.26 Å². The molecule has 1 aromatic carbocycles. The van der Waals surface area contributed by atoms with Gasteiger partial charge in [-0.25, -0.2) is 17.5 Å². The normalized spacial score (nSPS) is 15.5. The number of halogens is 1. The molecule has 1 aromatic rings. The van der Waals surface area contributed by atoms with Crippen LogP contribution in [-0.2, 0) is 16.6 Å². The SMILES string of the molecule is CSCCNS(=O)(=O)c1ccc(CNC2CC2)cc1F. The molecule has 0 spiro atoms. The molecule has 0 atom stereocenters. The Hall–Kier alpha value is -0.630. The van der Waals surface area contributed by atoms with E-state index in [1.165, 1.54) is 23.9 Å². The maximum atomic E-state index is 13.9. The molecule has 2 N–H and O–H groups in total. The van der Waals surface area contributed by atoms with Gasteiger partial charge < -0.3 is 5.32 Å². The topological polar surface area (TPSA) is 58.2 Å². The zero-order chi connectivity index (χ0) is 14.6. The summed E-state index contributed by atoms with van der Waals surface area (Å²) >= 11 is 1.53. The van der Waals surface area contributed by atoms with Crippen LogP contribution in [0.5, 0.6) is 0 Å². The molecule has 1 aliphatic carbocycles. The van der Waals surface area contributed by atoms with Crippen LogP contribution in [0.25, 0.3) is 0 Å². The molecule has 1 fully saturated rings. The molecule has 1 aliphatic rings. The first-order valence-electron chi connectivity index (χ1n) is 6.53. The summed E-state index contributed by atoms with van der Waals surface area (Å²) < 4.78 is 40.2. The van der Waals surface area contributed by atoms with Crippen LogP contribution in [0.3, 0.4) is 0 Å². The van der Waals surface area contributed by atoms with Crippen molar-refractivity contribution in [3.05, 3.63) is 29.6 Å². The number of hydrogen-bond acceptors (Lipinski definition) is 4. The second-order valence-corrected chi connectivity index (χ2v) is 7.53. The second kappa shape index (κ2) is 6.89. The minimum atomic E-state index is -3.76. The number of rotatable bonds is 8. The van der Waals surface area contributed by atoms with Gasteiger partial charge >= 0.3 is 0 Å². The van der Waals surface area contributed by atoms with E-state index in [9.17, 15) is 12.8 Å². The van der Waals surface area contributed by atoms with Gasteiger partial charge in [0.25, 0.3) is 0 Å². The zero-order valence-corrected chi connectivity index (χ0v) is 13.0. The molecular weight excluding hydrogens is 299 g/mol. The van der Waals surface area contributed by atoms with Gasteiger partial charge in [0, 0.05) is 24.9 Å². The third-order valence-electron chi connectivity index (χ3n) is 3.06. The first-order chi connectivity index (χ1) is 9.53. The standard InChI is InChI=1S/C13H19FN2O2S2/c1-19-7-6-16-20(17,18)13-5-2-10(8-12(13)14)9-15-11-3-4-11/h2,5,8,11,15-16H,3-4,6-7,9H2,1H3. The van der Waals surface area contributed by atoms with Crippen LogP contribution in [0.2, 0.25) is 0 Å². The Morgan fingerprint density at radius 3 is 2.75 bits per heavy atom. The average molecular weight is 318 g/mol. The van der Waals surface area contributed by atoms with E-state index in [0.717, 1.165) is 18.4 Å². The van der Waals surface area contributed by atoms with Crippen molar-refractivity contribution >= 4 is 21.8 Å². The van der Waals surface area contributed by atoms with E-state index in [1.54, 1.807) is 6.07 Å². The molecule has 0 radical (unpaired) electrons. The minimum absolute atomic E-state index is 0.284. The van der Waals surface area contributed by atoms with Crippen molar-refractivity contribution in [2.24, 2.45) is 0 Å². The molecule has 2 rings (SSSR count). The van der Waals surface area contributed by atoms with Gasteiger partial charge in [0.2, 0.25) is 10.0 Å². The number of thioether (sulfide) groups is 1. The van der Waals surface area contributed by atoms with Crippen LogP contribution in [0.4, 0.5) is 4.39 Å². The fourth-order valence-electron chi connectivity index (χ4n) is 1.78.